The Morgan fingerprint density at radius 3 is 3.09 bits per heavy atom. The van der Waals surface area contributed by atoms with Gasteiger partial charge in [-0.3, -0.25) is 0 Å². The first-order valence-electron chi connectivity index (χ1n) is 6.44. The molecule has 0 bridgehead atoms. The number of nitrogens with one attached hydrogen (secondary N) is 1. The molecule has 116 valence electrons. The molecule has 0 unspecified atom stereocenters. The number of benzene rings is 1. The Labute approximate surface area is 131 Å². The van der Waals surface area contributed by atoms with E-state index >= 15 is 0 Å². The van der Waals surface area contributed by atoms with Crippen molar-refractivity contribution in [2.45, 2.75) is 6.61 Å². The number of aromatic nitrogens is 1. The zero-order valence-electron chi connectivity index (χ0n) is 12.0. The van der Waals surface area contributed by atoms with E-state index in [1.807, 2.05) is 0 Å². The van der Waals surface area contributed by atoms with Gasteiger partial charge in [-0.2, -0.15) is 0 Å². The van der Waals surface area contributed by atoms with Crippen LogP contribution in [-0.2, 0) is 11.3 Å². The molecule has 2 aromatic rings. The predicted molar refractivity (Wildman–Crippen MR) is 82.9 cm³/mol. The lowest BCUT2D eigenvalue weighted by atomic mass is 10.2. The summed E-state index contributed by atoms with van der Waals surface area (Å²) in [6.45, 7) is 4.05. The number of anilines is 1. The van der Waals surface area contributed by atoms with Gasteiger partial charge in [-0.25, -0.2) is 14.2 Å². The van der Waals surface area contributed by atoms with Gasteiger partial charge in [0.25, 0.3) is 0 Å². The van der Waals surface area contributed by atoms with Gasteiger partial charge in [0.05, 0.1) is 7.11 Å². The molecule has 0 fully saturated rings. The number of hydrogen-bond acceptors (Lipinski definition) is 6. The molecule has 0 spiro atoms. The van der Waals surface area contributed by atoms with Gasteiger partial charge in [0.1, 0.15) is 18.2 Å². The highest BCUT2D eigenvalue weighted by atomic mass is 32.1. The summed E-state index contributed by atoms with van der Waals surface area (Å²) >= 11 is 1.29. The Morgan fingerprint density at radius 2 is 2.36 bits per heavy atom. The second-order valence-electron chi connectivity index (χ2n) is 4.24. The van der Waals surface area contributed by atoms with Crippen LogP contribution in [-0.4, -0.2) is 24.6 Å². The topological polar surface area (TPSA) is 60.5 Å². The summed E-state index contributed by atoms with van der Waals surface area (Å²) in [7, 11) is 1.47. The zero-order chi connectivity index (χ0) is 15.9. The number of carbonyl (C=O) groups is 1. The summed E-state index contributed by atoms with van der Waals surface area (Å²) in [5.41, 5.74) is 0.656. The van der Waals surface area contributed by atoms with Crippen LogP contribution in [0.3, 0.4) is 0 Å². The van der Waals surface area contributed by atoms with E-state index in [4.69, 9.17) is 9.47 Å². The summed E-state index contributed by atoms with van der Waals surface area (Å²) in [5, 5.41) is 5.18. The maximum absolute atomic E-state index is 13.2. The third-order valence-corrected chi connectivity index (χ3v) is 3.51. The first-order valence-corrected chi connectivity index (χ1v) is 7.32. The third kappa shape index (κ3) is 4.05. The smallest absolute Gasteiger partial charge is 0.358 e. The van der Waals surface area contributed by atoms with Crippen LogP contribution in [0.1, 0.15) is 16.1 Å². The largest absolute Gasteiger partial charge is 0.496 e. The lowest BCUT2D eigenvalue weighted by Crippen LogP contribution is -2.07. The highest BCUT2D eigenvalue weighted by Gasteiger charge is 2.14. The normalized spacial score (nSPS) is 10.1. The van der Waals surface area contributed by atoms with Crippen LogP contribution >= 0.6 is 11.3 Å². The van der Waals surface area contributed by atoms with E-state index in [2.05, 4.69) is 16.9 Å². The number of thiazole rings is 1. The molecule has 0 amide bonds. The van der Waals surface area contributed by atoms with Crippen molar-refractivity contribution in [2.75, 3.05) is 19.0 Å². The minimum Gasteiger partial charge on any atom is -0.496 e. The number of carbonyl (C=O) groups excluding carboxylic acids is 1. The molecule has 5 nitrogen and oxygen atoms in total. The molecule has 1 N–H and O–H groups in total. The first-order chi connectivity index (χ1) is 10.6. The van der Waals surface area contributed by atoms with Crippen molar-refractivity contribution in [3.8, 4) is 5.75 Å². The van der Waals surface area contributed by atoms with Gasteiger partial charge in [-0.05, 0) is 18.2 Å². The van der Waals surface area contributed by atoms with Crippen LogP contribution in [0.2, 0.25) is 0 Å². The Balaban J connectivity index is 1.99. The van der Waals surface area contributed by atoms with Gasteiger partial charge in [-0.15, -0.1) is 17.9 Å². The van der Waals surface area contributed by atoms with Crippen LogP contribution in [0.4, 0.5) is 9.52 Å². The summed E-state index contributed by atoms with van der Waals surface area (Å²) in [5.74, 6) is -0.536. The Bertz CT molecular complexity index is 673. The zero-order valence-corrected chi connectivity index (χ0v) is 12.8. The van der Waals surface area contributed by atoms with E-state index in [0.717, 1.165) is 0 Å². The number of methoxy groups -OCH3 is 1. The molecule has 0 aliphatic rings. The predicted octanol–water partition coefficient (Wildman–Crippen LogP) is 3.25. The van der Waals surface area contributed by atoms with Gasteiger partial charge in [-0.1, -0.05) is 6.08 Å². The molecule has 2 rings (SSSR count). The van der Waals surface area contributed by atoms with Crippen molar-refractivity contribution in [3.05, 3.63) is 53.3 Å². The van der Waals surface area contributed by atoms with Gasteiger partial charge in [0.15, 0.2) is 10.8 Å². The van der Waals surface area contributed by atoms with Crippen LogP contribution < -0.4 is 10.1 Å². The Hall–Kier alpha value is -2.41. The number of hydrogen-bond donors (Lipinski definition) is 1. The molecule has 1 heterocycles. The highest BCUT2D eigenvalue weighted by molar-refractivity contribution is 7.13. The molecular formula is C15H15FN2O3S. The van der Waals surface area contributed by atoms with E-state index < -0.39 is 11.8 Å². The van der Waals surface area contributed by atoms with Crippen molar-refractivity contribution >= 4 is 22.4 Å². The molecule has 1 aromatic carbocycles. The Morgan fingerprint density at radius 1 is 1.55 bits per heavy atom. The van der Waals surface area contributed by atoms with Crippen molar-refractivity contribution in [1.29, 1.82) is 0 Å². The number of halogens is 1. The fourth-order valence-corrected chi connectivity index (χ4v) is 2.38. The lowest BCUT2D eigenvalue weighted by molar-refractivity contribution is 0.0464. The SMILES string of the molecule is C=CCNc1nc(C(=O)OCc2cc(F)ccc2OC)cs1. The number of esters is 1. The molecule has 0 saturated carbocycles. The molecular weight excluding hydrogens is 307 g/mol. The van der Waals surface area contributed by atoms with Crippen molar-refractivity contribution < 1.29 is 18.7 Å². The van der Waals surface area contributed by atoms with Gasteiger partial charge >= 0.3 is 5.97 Å². The van der Waals surface area contributed by atoms with E-state index in [0.29, 0.717) is 23.0 Å². The summed E-state index contributed by atoms with van der Waals surface area (Å²) < 4.78 is 23.5. The summed E-state index contributed by atoms with van der Waals surface area (Å²) in [6, 6.07) is 4.03. The molecule has 0 aliphatic heterocycles. The van der Waals surface area contributed by atoms with E-state index in [1.54, 1.807) is 11.5 Å². The molecule has 0 saturated heterocycles. The second-order valence-corrected chi connectivity index (χ2v) is 5.10. The molecule has 0 atom stereocenters. The Kier molecular flexibility index (Phi) is 5.48. The monoisotopic (exact) mass is 322 g/mol. The molecule has 0 radical (unpaired) electrons. The van der Waals surface area contributed by atoms with Crippen molar-refractivity contribution in [3.63, 3.8) is 0 Å². The van der Waals surface area contributed by atoms with Crippen molar-refractivity contribution in [2.24, 2.45) is 0 Å². The van der Waals surface area contributed by atoms with Gasteiger partial charge < -0.3 is 14.8 Å². The van der Waals surface area contributed by atoms with Crippen molar-refractivity contribution in [1.82, 2.24) is 4.98 Å². The minimum absolute atomic E-state index is 0.0906. The van der Waals surface area contributed by atoms with Crippen LogP contribution in [0.15, 0.2) is 36.2 Å². The van der Waals surface area contributed by atoms with Gasteiger partial charge in [0.2, 0.25) is 0 Å². The maximum atomic E-state index is 13.2. The first kappa shape index (κ1) is 16.0. The quantitative estimate of drug-likeness (QED) is 0.626. The summed E-state index contributed by atoms with van der Waals surface area (Å²) in [6.07, 6.45) is 1.69. The van der Waals surface area contributed by atoms with Crippen LogP contribution in [0, 0.1) is 5.82 Å². The molecule has 0 aliphatic carbocycles. The van der Waals surface area contributed by atoms with Crippen LogP contribution in [0.5, 0.6) is 5.75 Å². The fraction of sp³-hybridized carbons (Fsp3) is 0.200. The molecule has 22 heavy (non-hydrogen) atoms. The highest BCUT2D eigenvalue weighted by Crippen LogP contribution is 2.21. The average Bonchev–Trinajstić information content (AvgIpc) is 2.99. The number of ether oxygens (including phenoxy) is 2. The maximum Gasteiger partial charge on any atom is 0.358 e. The van der Waals surface area contributed by atoms with Gasteiger partial charge in [0, 0.05) is 17.5 Å². The lowest BCUT2D eigenvalue weighted by Gasteiger charge is -2.08. The van der Waals surface area contributed by atoms with E-state index in [9.17, 15) is 9.18 Å². The molecule has 7 heteroatoms. The number of nitrogens with zero attached hydrogens (tertiary/aromatic N) is 1. The second kappa shape index (κ2) is 7.56. The molecule has 1 aromatic heterocycles. The van der Waals surface area contributed by atoms with Crippen LogP contribution in [0.25, 0.3) is 0 Å². The standard InChI is InChI=1S/C15H15FN2O3S/c1-3-6-17-15-18-12(9-22-15)14(19)21-8-10-7-11(16)4-5-13(10)20-2/h3-5,7,9H,1,6,8H2,2H3,(H,17,18). The van der Waals surface area contributed by atoms with E-state index in [1.165, 1.54) is 36.6 Å². The average molecular weight is 322 g/mol. The minimum atomic E-state index is -0.575. The number of rotatable bonds is 7. The third-order valence-electron chi connectivity index (χ3n) is 2.71. The summed E-state index contributed by atoms with van der Waals surface area (Å²) in [4.78, 5) is 16.0. The fourth-order valence-electron chi connectivity index (χ4n) is 1.69. The van der Waals surface area contributed by atoms with E-state index in [-0.39, 0.29) is 12.3 Å².